The van der Waals surface area contributed by atoms with Crippen LogP contribution in [0.25, 0.3) is 10.9 Å². The monoisotopic (exact) mass is 311 g/mol. The molecule has 108 valence electrons. The van der Waals surface area contributed by atoms with Crippen molar-refractivity contribution in [3.8, 4) is 0 Å². The maximum atomic E-state index is 11.8. The third kappa shape index (κ3) is 3.07. The molecule has 1 N–H and O–H groups in total. The fourth-order valence-electron chi connectivity index (χ4n) is 1.83. The largest absolute Gasteiger partial charge is 0.291 e. The van der Waals surface area contributed by atoms with E-state index in [0.29, 0.717) is 10.7 Å². The number of rotatable bonds is 3. The van der Waals surface area contributed by atoms with Gasteiger partial charge in [-0.05, 0) is 12.1 Å². The molecule has 3 rings (SSSR count). The molecule has 1 aromatic carbocycles. The average Bonchev–Trinajstić information content (AvgIpc) is 2.56. The van der Waals surface area contributed by atoms with E-state index in [2.05, 4.69) is 25.5 Å². The molecule has 0 atom stereocenters. The minimum Gasteiger partial charge on any atom is -0.265 e. The van der Waals surface area contributed by atoms with Crippen LogP contribution in [0.5, 0.6) is 0 Å². The molecule has 0 unspecified atom stereocenters. The van der Waals surface area contributed by atoms with E-state index < -0.39 is 5.91 Å². The zero-order valence-corrected chi connectivity index (χ0v) is 12.0. The quantitative estimate of drug-likeness (QED) is 0.458. The average molecular weight is 312 g/mol. The molecule has 2 heterocycles. The molecule has 0 spiro atoms. The Hall–Kier alpha value is -2.86. The zero-order chi connectivity index (χ0) is 15.4. The summed E-state index contributed by atoms with van der Waals surface area (Å²) in [7, 11) is 0. The third-order valence-electron chi connectivity index (χ3n) is 2.87. The van der Waals surface area contributed by atoms with Crippen molar-refractivity contribution in [2.24, 2.45) is 5.10 Å². The van der Waals surface area contributed by atoms with E-state index in [4.69, 9.17) is 11.6 Å². The molecule has 1 amide bonds. The van der Waals surface area contributed by atoms with Gasteiger partial charge < -0.3 is 0 Å². The van der Waals surface area contributed by atoms with Gasteiger partial charge in [0.15, 0.2) is 0 Å². The summed E-state index contributed by atoms with van der Waals surface area (Å²) in [6.07, 6.45) is 5.72. The van der Waals surface area contributed by atoms with E-state index in [9.17, 15) is 4.79 Å². The molecular formula is C15H10ClN5O. The first kappa shape index (κ1) is 14.1. The fraction of sp³-hybridized carbons (Fsp3) is 0. The van der Waals surface area contributed by atoms with Crippen LogP contribution in [0.15, 0.2) is 54.0 Å². The predicted molar refractivity (Wildman–Crippen MR) is 83.8 cm³/mol. The van der Waals surface area contributed by atoms with Crippen molar-refractivity contribution in [2.75, 3.05) is 0 Å². The van der Waals surface area contributed by atoms with Crippen LogP contribution in [0.4, 0.5) is 0 Å². The van der Waals surface area contributed by atoms with Gasteiger partial charge in [-0.3, -0.25) is 9.78 Å². The van der Waals surface area contributed by atoms with Crippen LogP contribution in [-0.2, 0) is 0 Å². The number of carbonyl (C=O) groups excluding carboxylic acids is 1. The first-order chi connectivity index (χ1) is 10.7. The van der Waals surface area contributed by atoms with Crippen LogP contribution in [0.1, 0.15) is 16.1 Å². The summed E-state index contributed by atoms with van der Waals surface area (Å²) < 4.78 is 0. The zero-order valence-electron chi connectivity index (χ0n) is 11.3. The van der Waals surface area contributed by atoms with Crippen molar-refractivity contribution in [3.63, 3.8) is 0 Å². The minimum atomic E-state index is -0.450. The number of hydrogen-bond acceptors (Lipinski definition) is 5. The Kier molecular flexibility index (Phi) is 4.02. The summed E-state index contributed by atoms with van der Waals surface area (Å²) in [5.41, 5.74) is 3.96. The van der Waals surface area contributed by atoms with E-state index >= 15 is 0 Å². The molecule has 7 heteroatoms. The number of hydrazone groups is 1. The van der Waals surface area contributed by atoms with Gasteiger partial charge in [0.2, 0.25) is 0 Å². The van der Waals surface area contributed by atoms with Gasteiger partial charge in [0.25, 0.3) is 5.91 Å². The Morgan fingerprint density at radius 1 is 1.27 bits per heavy atom. The van der Waals surface area contributed by atoms with Crippen LogP contribution in [0, 0.1) is 0 Å². The number of nitrogens with zero attached hydrogens (tertiary/aromatic N) is 4. The Bertz CT molecular complexity index is 851. The molecule has 3 aromatic rings. The lowest BCUT2D eigenvalue weighted by molar-refractivity contribution is 0.0949. The van der Waals surface area contributed by atoms with Crippen LogP contribution in [0.3, 0.4) is 0 Å². The molecule has 0 radical (unpaired) electrons. The van der Waals surface area contributed by atoms with Crippen molar-refractivity contribution in [1.29, 1.82) is 0 Å². The summed E-state index contributed by atoms with van der Waals surface area (Å²) in [6, 6.07) is 9.45. The highest BCUT2D eigenvalue weighted by Crippen LogP contribution is 2.18. The van der Waals surface area contributed by atoms with Gasteiger partial charge in [0.1, 0.15) is 10.8 Å². The lowest BCUT2D eigenvalue weighted by Gasteiger charge is -2.02. The van der Waals surface area contributed by atoms with E-state index in [1.165, 1.54) is 24.8 Å². The van der Waals surface area contributed by atoms with Gasteiger partial charge >= 0.3 is 0 Å². The van der Waals surface area contributed by atoms with Crippen LogP contribution in [0.2, 0.25) is 5.15 Å². The molecular weight excluding hydrogens is 302 g/mol. The molecule has 0 saturated carbocycles. The first-order valence-electron chi connectivity index (χ1n) is 6.39. The number of amides is 1. The smallest absolute Gasteiger partial charge is 0.265 e. The Labute approximate surface area is 130 Å². The number of pyridine rings is 1. The summed E-state index contributed by atoms with van der Waals surface area (Å²) in [4.78, 5) is 23.7. The summed E-state index contributed by atoms with van der Waals surface area (Å²) in [5.74, 6) is -0.450. The van der Waals surface area contributed by atoms with Crippen molar-refractivity contribution in [3.05, 3.63) is 65.3 Å². The van der Waals surface area contributed by atoms with Gasteiger partial charge in [0, 0.05) is 23.3 Å². The predicted octanol–water partition coefficient (Wildman–Crippen LogP) is 2.44. The number of carbonyl (C=O) groups is 1. The molecule has 0 fully saturated rings. The summed E-state index contributed by atoms with van der Waals surface area (Å²) >= 11 is 6.10. The maximum absolute atomic E-state index is 11.8. The Balaban J connectivity index is 1.78. The number of fused-ring (bicyclic) bond motifs is 1. The van der Waals surface area contributed by atoms with E-state index in [0.717, 1.165) is 10.9 Å². The standard InChI is InChI=1S/C15H10ClN5O/c16-14-11(7-10-3-1-2-4-12(10)20-14)8-19-21-15(22)13-9-17-5-6-18-13/h1-9H,(H,21,22). The van der Waals surface area contributed by atoms with Crippen molar-refractivity contribution in [1.82, 2.24) is 20.4 Å². The Morgan fingerprint density at radius 2 is 2.14 bits per heavy atom. The number of nitrogens with one attached hydrogen (secondary N) is 1. The van der Waals surface area contributed by atoms with Gasteiger partial charge in [-0.1, -0.05) is 29.8 Å². The molecule has 22 heavy (non-hydrogen) atoms. The lowest BCUT2D eigenvalue weighted by atomic mass is 10.2. The highest BCUT2D eigenvalue weighted by molar-refractivity contribution is 6.32. The second-order valence-electron chi connectivity index (χ2n) is 4.35. The second-order valence-corrected chi connectivity index (χ2v) is 4.71. The highest BCUT2D eigenvalue weighted by Gasteiger charge is 2.06. The van der Waals surface area contributed by atoms with Crippen molar-refractivity contribution >= 4 is 34.6 Å². The molecule has 0 aliphatic rings. The van der Waals surface area contributed by atoms with Crippen LogP contribution >= 0.6 is 11.6 Å². The van der Waals surface area contributed by atoms with Gasteiger partial charge in [0.05, 0.1) is 17.9 Å². The molecule has 0 bridgehead atoms. The van der Waals surface area contributed by atoms with Crippen LogP contribution in [-0.4, -0.2) is 27.1 Å². The number of halogens is 1. The van der Waals surface area contributed by atoms with Crippen LogP contribution < -0.4 is 5.43 Å². The fourth-order valence-corrected chi connectivity index (χ4v) is 2.03. The van der Waals surface area contributed by atoms with Gasteiger partial charge in [-0.2, -0.15) is 5.10 Å². The number of aromatic nitrogens is 3. The second kappa shape index (κ2) is 6.28. The lowest BCUT2D eigenvalue weighted by Crippen LogP contribution is -2.19. The molecule has 0 aliphatic carbocycles. The maximum Gasteiger partial charge on any atom is 0.291 e. The molecule has 2 aromatic heterocycles. The summed E-state index contributed by atoms with van der Waals surface area (Å²) in [5, 5.41) is 5.12. The number of hydrogen-bond donors (Lipinski definition) is 1. The normalized spacial score (nSPS) is 11.0. The Morgan fingerprint density at radius 3 is 2.95 bits per heavy atom. The van der Waals surface area contributed by atoms with Gasteiger partial charge in [-0.25, -0.2) is 15.4 Å². The van der Waals surface area contributed by atoms with E-state index in [-0.39, 0.29) is 5.69 Å². The molecule has 0 saturated heterocycles. The van der Waals surface area contributed by atoms with Crippen molar-refractivity contribution < 1.29 is 4.79 Å². The highest BCUT2D eigenvalue weighted by atomic mass is 35.5. The third-order valence-corrected chi connectivity index (χ3v) is 3.17. The van der Waals surface area contributed by atoms with E-state index in [1.807, 2.05) is 30.3 Å². The minimum absolute atomic E-state index is 0.183. The molecule has 0 aliphatic heterocycles. The summed E-state index contributed by atoms with van der Waals surface area (Å²) in [6.45, 7) is 0. The number of para-hydroxylation sites is 1. The van der Waals surface area contributed by atoms with Crippen molar-refractivity contribution in [2.45, 2.75) is 0 Å². The SMILES string of the molecule is O=C(NN=Cc1cc2ccccc2nc1Cl)c1cnccn1. The molecule has 6 nitrogen and oxygen atoms in total. The first-order valence-corrected chi connectivity index (χ1v) is 6.76. The number of benzene rings is 1. The topological polar surface area (TPSA) is 80.1 Å². The van der Waals surface area contributed by atoms with Gasteiger partial charge in [-0.15, -0.1) is 0 Å². The van der Waals surface area contributed by atoms with E-state index in [1.54, 1.807) is 0 Å².